The van der Waals surface area contributed by atoms with Crippen molar-refractivity contribution in [1.29, 1.82) is 0 Å². The fourth-order valence-electron chi connectivity index (χ4n) is 7.86. The fourth-order valence-corrected chi connectivity index (χ4v) is 7.86. The first-order valence-electron chi connectivity index (χ1n) is 12.0. The number of aliphatic hydroxyl groups is 3. The van der Waals surface area contributed by atoms with Crippen molar-refractivity contribution < 1.29 is 48.7 Å². The van der Waals surface area contributed by atoms with E-state index in [0.29, 0.717) is 12.8 Å². The van der Waals surface area contributed by atoms with Crippen LogP contribution in [0.5, 0.6) is 0 Å². The molecule has 3 N–H and O–H groups in total. The van der Waals surface area contributed by atoms with Crippen molar-refractivity contribution in [2.45, 2.75) is 96.1 Å². The second-order valence-electron chi connectivity index (χ2n) is 11.5. The van der Waals surface area contributed by atoms with Crippen molar-refractivity contribution in [3.05, 3.63) is 11.6 Å². The molecule has 35 heavy (non-hydrogen) atoms. The van der Waals surface area contributed by atoms with Gasteiger partial charge in [-0.2, -0.15) is 0 Å². The van der Waals surface area contributed by atoms with E-state index in [0.717, 1.165) is 6.08 Å². The average molecular weight is 497 g/mol. The monoisotopic (exact) mass is 496 g/mol. The van der Waals surface area contributed by atoms with Crippen LogP contribution >= 0.6 is 0 Å². The minimum absolute atomic E-state index is 0.0155. The van der Waals surface area contributed by atoms with Crippen LogP contribution in [0.25, 0.3) is 0 Å². The zero-order valence-electron chi connectivity index (χ0n) is 21.3. The first kappa shape index (κ1) is 26.1. The van der Waals surface area contributed by atoms with E-state index < -0.39 is 75.9 Å². The number of hydrogen-bond donors (Lipinski definition) is 3. The van der Waals surface area contributed by atoms with Gasteiger partial charge in [0.15, 0.2) is 6.10 Å². The lowest BCUT2D eigenvalue weighted by Crippen LogP contribution is -2.82. The van der Waals surface area contributed by atoms with Crippen molar-refractivity contribution >= 4 is 17.9 Å². The van der Waals surface area contributed by atoms with Gasteiger partial charge in [-0.3, -0.25) is 9.59 Å². The van der Waals surface area contributed by atoms with Crippen molar-refractivity contribution in [2.24, 2.45) is 22.7 Å². The van der Waals surface area contributed by atoms with Crippen LogP contribution in [0.3, 0.4) is 0 Å². The number of carbonyl (C=O) groups excluding carboxylic acids is 3. The average Bonchev–Trinajstić information content (AvgIpc) is 3.08. The Morgan fingerprint density at radius 1 is 1.09 bits per heavy atom. The summed E-state index contributed by atoms with van der Waals surface area (Å²) in [6.45, 7) is 9.25. The van der Waals surface area contributed by atoms with Crippen LogP contribution in [0.2, 0.25) is 0 Å². The van der Waals surface area contributed by atoms with E-state index in [1.807, 2.05) is 13.8 Å². The van der Waals surface area contributed by atoms with Crippen LogP contribution < -0.4 is 0 Å². The SMILES string of the molecule is COC12CC3C(C(O)C(OC(C)=O)C4(O)C(C)(C)CCC(OC(C)=O)C34C)C(C)(O)C1=CC(=O)O2. The van der Waals surface area contributed by atoms with Crippen LogP contribution in [-0.2, 0) is 33.3 Å². The summed E-state index contributed by atoms with van der Waals surface area (Å²) in [6.07, 6.45) is -1.86. The summed E-state index contributed by atoms with van der Waals surface area (Å²) < 4.78 is 22.6. The summed E-state index contributed by atoms with van der Waals surface area (Å²) in [6, 6.07) is 0. The number of ether oxygens (including phenoxy) is 4. The molecule has 0 aromatic carbocycles. The zero-order valence-corrected chi connectivity index (χ0v) is 21.3. The molecule has 0 aromatic heterocycles. The number of fused-ring (bicyclic) bond motifs is 4. The molecule has 196 valence electrons. The maximum atomic E-state index is 12.6. The van der Waals surface area contributed by atoms with Crippen molar-refractivity contribution in [1.82, 2.24) is 0 Å². The van der Waals surface area contributed by atoms with Gasteiger partial charge in [0.05, 0.1) is 5.60 Å². The lowest BCUT2D eigenvalue weighted by molar-refractivity contribution is -0.362. The summed E-state index contributed by atoms with van der Waals surface area (Å²) >= 11 is 0. The molecule has 9 atom stereocenters. The Kier molecular flexibility index (Phi) is 5.77. The maximum absolute atomic E-state index is 12.6. The predicted octanol–water partition coefficient (Wildman–Crippen LogP) is 0.995. The van der Waals surface area contributed by atoms with E-state index in [2.05, 4.69) is 0 Å². The molecule has 4 aliphatic rings. The summed E-state index contributed by atoms with van der Waals surface area (Å²) in [7, 11) is 1.35. The van der Waals surface area contributed by atoms with E-state index in [1.165, 1.54) is 27.9 Å². The second kappa shape index (κ2) is 7.74. The highest BCUT2D eigenvalue weighted by molar-refractivity contribution is 5.87. The molecule has 3 aliphatic carbocycles. The first-order chi connectivity index (χ1) is 16.0. The highest BCUT2D eigenvalue weighted by Crippen LogP contribution is 2.70. The topological polar surface area (TPSA) is 149 Å². The van der Waals surface area contributed by atoms with Gasteiger partial charge >= 0.3 is 17.9 Å². The lowest BCUT2D eigenvalue weighted by atomic mass is 9.38. The van der Waals surface area contributed by atoms with Crippen LogP contribution in [-0.4, -0.2) is 75.6 Å². The fraction of sp³-hybridized carbons (Fsp3) is 0.800. The van der Waals surface area contributed by atoms with Crippen molar-refractivity contribution in [2.75, 3.05) is 7.11 Å². The Morgan fingerprint density at radius 2 is 1.69 bits per heavy atom. The van der Waals surface area contributed by atoms with Gasteiger partial charge in [-0.05, 0) is 31.1 Å². The molecule has 4 rings (SSSR count). The quantitative estimate of drug-likeness (QED) is 0.381. The van der Waals surface area contributed by atoms with Gasteiger partial charge in [-0.15, -0.1) is 0 Å². The third kappa shape index (κ3) is 3.19. The van der Waals surface area contributed by atoms with Gasteiger partial charge in [0.1, 0.15) is 17.8 Å². The van der Waals surface area contributed by atoms with Gasteiger partial charge in [0.25, 0.3) is 0 Å². The molecule has 0 saturated heterocycles. The van der Waals surface area contributed by atoms with Crippen LogP contribution in [0.4, 0.5) is 0 Å². The van der Waals surface area contributed by atoms with E-state index in [4.69, 9.17) is 18.9 Å². The van der Waals surface area contributed by atoms with Crippen molar-refractivity contribution in [3.8, 4) is 0 Å². The molecule has 0 aromatic rings. The normalized spacial score (nSPS) is 48.0. The van der Waals surface area contributed by atoms with E-state index >= 15 is 0 Å². The van der Waals surface area contributed by atoms with E-state index in [-0.39, 0.29) is 12.0 Å². The highest BCUT2D eigenvalue weighted by Gasteiger charge is 2.80. The minimum Gasteiger partial charge on any atom is -0.462 e. The zero-order chi connectivity index (χ0) is 26.4. The van der Waals surface area contributed by atoms with Gasteiger partial charge in [-0.1, -0.05) is 20.8 Å². The van der Waals surface area contributed by atoms with Gasteiger partial charge in [-0.25, -0.2) is 4.79 Å². The third-order valence-electron chi connectivity index (χ3n) is 9.40. The molecule has 10 nitrogen and oxygen atoms in total. The Hall–Kier alpha value is -2.01. The largest absolute Gasteiger partial charge is 0.462 e. The second-order valence-corrected chi connectivity index (χ2v) is 11.5. The number of methoxy groups -OCH3 is 1. The van der Waals surface area contributed by atoms with Crippen molar-refractivity contribution in [3.63, 3.8) is 0 Å². The molecule has 3 fully saturated rings. The summed E-state index contributed by atoms with van der Waals surface area (Å²) in [5.41, 5.74) is -5.85. The van der Waals surface area contributed by atoms with Gasteiger partial charge < -0.3 is 34.3 Å². The molecular formula is C25H36O10. The molecule has 0 spiro atoms. The summed E-state index contributed by atoms with van der Waals surface area (Å²) in [5.74, 6) is -5.39. The molecule has 0 radical (unpaired) electrons. The van der Waals surface area contributed by atoms with Crippen LogP contribution in [0.1, 0.15) is 60.8 Å². The summed E-state index contributed by atoms with van der Waals surface area (Å²) in [5, 5.41) is 36.2. The number of hydrogen-bond acceptors (Lipinski definition) is 10. The standard InChI is InChI=1S/C25H36O10/c1-12(26)33-16-8-9-21(3,4)25(31)20(34-13(2)27)19(29)18-14(22(16,25)5)11-24(32-7)15(23(18,6)30)10-17(28)35-24/h10,14,16,18-20,29-31H,8-9,11H2,1-7H3. The maximum Gasteiger partial charge on any atom is 0.333 e. The van der Waals surface area contributed by atoms with Gasteiger partial charge in [0, 0.05) is 50.4 Å². The lowest BCUT2D eigenvalue weighted by Gasteiger charge is -2.71. The molecule has 0 amide bonds. The number of esters is 3. The smallest absolute Gasteiger partial charge is 0.333 e. The number of carbonyl (C=O) groups is 3. The molecule has 3 saturated carbocycles. The van der Waals surface area contributed by atoms with E-state index in [1.54, 1.807) is 6.92 Å². The van der Waals surface area contributed by atoms with Gasteiger partial charge in [0.2, 0.25) is 5.79 Å². The molecule has 10 heteroatoms. The summed E-state index contributed by atoms with van der Waals surface area (Å²) in [4.78, 5) is 36.7. The Morgan fingerprint density at radius 3 is 2.23 bits per heavy atom. The first-order valence-corrected chi connectivity index (χ1v) is 12.0. The Balaban J connectivity index is 2.02. The predicted molar refractivity (Wildman–Crippen MR) is 119 cm³/mol. The van der Waals surface area contributed by atoms with Crippen LogP contribution in [0.15, 0.2) is 11.6 Å². The number of rotatable bonds is 3. The minimum atomic E-state index is -1.89. The molecule has 1 aliphatic heterocycles. The molecule has 9 unspecified atom stereocenters. The van der Waals surface area contributed by atoms with Crippen LogP contribution in [0, 0.1) is 22.7 Å². The third-order valence-corrected chi connectivity index (χ3v) is 9.40. The van der Waals surface area contributed by atoms with E-state index in [9.17, 15) is 29.7 Å². The Labute approximate surface area is 204 Å². The number of aliphatic hydroxyl groups excluding tert-OH is 1. The Bertz CT molecular complexity index is 985. The molecular weight excluding hydrogens is 460 g/mol. The highest BCUT2D eigenvalue weighted by atomic mass is 16.7. The molecule has 1 heterocycles. The molecule has 0 bridgehead atoms.